The predicted molar refractivity (Wildman–Crippen MR) is 81.7 cm³/mol. The van der Waals surface area contributed by atoms with E-state index >= 15 is 0 Å². The number of thiophene rings is 1. The lowest BCUT2D eigenvalue weighted by Gasteiger charge is -2.17. The quantitative estimate of drug-likeness (QED) is 0.779. The van der Waals surface area contributed by atoms with Crippen LogP contribution in [-0.2, 0) is 0 Å². The van der Waals surface area contributed by atoms with Gasteiger partial charge in [0.05, 0.1) is 11.6 Å². The normalized spacial score (nSPS) is 12.7. The molecule has 3 heteroatoms. The maximum Gasteiger partial charge on any atom is 0.0705 e. The number of rotatable bonds is 3. The molecular formula is C16H16N2S. The number of hydrogen-bond donors (Lipinski definition) is 1. The number of aromatic nitrogens is 1. The maximum atomic E-state index is 4.44. The molecule has 0 spiro atoms. The van der Waals surface area contributed by atoms with Crippen LogP contribution in [0.2, 0.25) is 0 Å². The van der Waals surface area contributed by atoms with Gasteiger partial charge in [-0.05, 0) is 53.6 Å². The van der Waals surface area contributed by atoms with Crippen LogP contribution in [0.1, 0.15) is 22.7 Å². The van der Waals surface area contributed by atoms with Crippen molar-refractivity contribution in [3.63, 3.8) is 0 Å². The topological polar surface area (TPSA) is 24.9 Å². The Balaban J connectivity index is 2.09. The van der Waals surface area contributed by atoms with Gasteiger partial charge in [0.15, 0.2) is 0 Å². The molecule has 2 heterocycles. The standard InChI is InChI=1S/C16H16N2S/c1-11-9-19-10-14(11)16(17-2)13-6-5-12-4-3-7-18-15(12)8-13/h3-10,16-17H,1-2H3. The van der Waals surface area contributed by atoms with Crippen LogP contribution in [0.4, 0.5) is 0 Å². The number of aryl methyl sites for hydroxylation is 1. The Kier molecular flexibility index (Phi) is 3.32. The highest BCUT2D eigenvalue weighted by atomic mass is 32.1. The molecule has 1 aromatic carbocycles. The molecule has 0 aliphatic rings. The van der Waals surface area contributed by atoms with Crippen LogP contribution in [0.15, 0.2) is 47.3 Å². The van der Waals surface area contributed by atoms with Crippen molar-refractivity contribution in [3.8, 4) is 0 Å². The number of benzene rings is 1. The summed E-state index contributed by atoms with van der Waals surface area (Å²) >= 11 is 1.75. The summed E-state index contributed by atoms with van der Waals surface area (Å²) in [5.74, 6) is 0. The van der Waals surface area contributed by atoms with Gasteiger partial charge in [-0.3, -0.25) is 4.98 Å². The molecule has 0 aliphatic heterocycles. The summed E-state index contributed by atoms with van der Waals surface area (Å²) in [4.78, 5) is 4.44. The summed E-state index contributed by atoms with van der Waals surface area (Å²) in [6, 6.07) is 10.8. The molecule has 1 unspecified atom stereocenters. The van der Waals surface area contributed by atoms with Crippen LogP contribution in [0.3, 0.4) is 0 Å². The van der Waals surface area contributed by atoms with E-state index in [1.807, 2.05) is 19.3 Å². The van der Waals surface area contributed by atoms with Crippen LogP contribution < -0.4 is 5.32 Å². The van der Waals surface area contributed by atoms with Crippen molar-refractivity contribution >= 4 is 22.2 Å². The Morgan fingerprint density at radius 2 is 2.11 bits per heavy atom. The third-order valence-corrected chi connectivity index (χ3v) is 4.34. The highest BCUT2D eigenvalue weighted by Gasteiger charge is 2.15. The molecular weight excluding hydrogens is 252 g/mol. The number of nitrogens with one attached hydrogen (secondary N) is 1. The second kappa shape index (κ2) is 5.11. The Morgan fingerprint density at radius 3 is 2.84 bits per heavy atom. The highest BCUT2D eigenvalue weighted by Crippen LogP contribution is 2.28. The SMILES string of the molecule is CNC(c1ccc2cccnc2c1)c1cscc1C. The van der Waals surface area contributed by atoms with Crippen molar-refractivity contribution in [2.45, 2.75) is 13.0 Å². The van der Waals surface area contributed by atoms with E-state index < -0.39 is 0 Å². The van der Waals surface area contributed by atoms with E-state index in [1.165, 1.54) is 22.1 Å². The molecule has 19 heavy (non-hydrogen) atoms. The first-order valence-electron chi connectivity index (χ1n) is 6.34. The van der Waals surface area contributed by atoms with Crippen molar-refractivity contribution in [2.75, 3.05) is 7.05 Å². The van der Waals surface area contributed by atoms with Crippen LogP contribution >= 0.6 is 11.3 Å². The van der Waals surface area contributed by atoms with Crippen LogP contribution in [0, 0.1) is 6.92 Å². The fraction of sp³-hybridized carbons (Fsp3) is 0.188. The Hall–Kier alpha value is -1.71. The van der Waals surface area contributed by atoms with Gasteiger partial charge in [-0.2, -0.15) is 11.3 Å². The smallest absolute Gasteiger partial charge is 0.0705 e. The van der Waals surface area contributed by atoms with Gasteiger partial charge in [0.1, 0.15) is 0 Å². The maximum absolute atomic E-state index is 4.44. The first kappa shape index (κ1) is 12.3. The summed E-state index contributed by atoms with van der Waals surface area (Å²) in [6.07, 6.45) is 1.84. The molecule has 0 amide bonds. The molecule has 2 aromatic heterocycles. The van der Waals surface area contributed by atoms with Gasteiger partial charge < -0.3 is 5.32 Å². The van der Waals surface area contributed by atoms with E-state index in [0.29, 0.717) is 0 Å². The number of pyridine rings is 1. The summed E-state index contributed by atoms with van der Waals surface area (Å²) < 4.78 is 0. The summed E-state index contributed by atoms with van der Waals surface area (Å²) in [5.41, 5.74) is 5.00. The first-order valence-corrected chi connectivity index (χ1v) is 7.28. The molecule has 0 bridgehead atoms. The second-order valence-corrected chi connectivity index (χ2v) is 5.43. The molecule has 1 N–H and O–H groups in total. The molecule has 0 radical (unpaired) electrons. The van der Waals surface area contributed by atoms with Crippen LogP contribution in [0.25, 0.3) is 10.9 Å². The van der Waals surface area contributed by atoms with E-state index in [4.69, 9.17) is 0 Å². The fourth-order valence-corrected chi connectivity index (χ4v) is 3.31. The Morgan fingerprint density at radius 1 is 1.21 bits per heavy atom. The number of fused-ring (bicyclic) bond motifs is 1. The van der Waals surface area contributed by atoms with Gasteiger partial charge in [-0.1, -0.05) is 18.2 Å². The molecule has 0 aliphatic carbocycles. The molecule has 2 nitrogen and oxygen atoms in total. The van der Waals surface area contributed by atoms with Crippen molar-refractivity contribution in [1.82, 2.24) is 10.3 Å². The van der Waals surface area contributed by atoms with E-state index in [1.54, 1.807) is 11.3 Å². The van der Waals surface area contributed by atoms with Crippen LogP contribution in [-0.4, -0.2) is 12.0 Å². The average molecular weight is 268 g/mol. The zero-order valence-electron chi connectivity index (χ0n) is 11.1. The molecule has 1 atom stereocenters. The van der Waals surface area contributed by atoms with Gasteiger partial charge in [-0.15, -0.1) is 0 Å². The lowest BCUT2D eigenvalue weighted by molar-refractivity contribution is 0.691. The average Bonchev–Trinajstić information content (AvgIpc) is 2.86. The summed E-state index contributed by atoms with van der Waals surface area (Å²) in [6.45, 7) is 2.16. The van der Waals surface area contributed by atoms with Gasteiger partial charge in [0.25, 0.3) is 0 Å². The van der Waals surface area contributed by atoms with E-state index in [2.05, 4.69) is 52.3 Å². The Bertz CT molecular complexity index is 703. The zero-order valence-corrected chi connectivity index (χ0v) is 11.9. The first-order chi connectivity index (χ1) is 9.29. The van der Waals surface area contributed by atoms with Gasteiger partial charge >= 0.3 is 0 Å². The van der Waals surface area contributed by atoms with Crippen molar-refractivity contribution in [2.24, 2.45) is 0 Å². The largest absolute Gasteiger partial charge is 0.309 e. The molecule has 0 fully saturated rings. The third-order valence-electron chi connectivity index (χ3n) is 3.46. The van der Waals surface area contributed by atoms with Crippen molar-refractivity contribution in [3.05, 3.63) is 64.0 Å². The van der Waals surface area contributed by atoms with Crippen LogP contribution in [0.5, 0.6) is 0 Å². The predicted octanol–water partition coefficient (Wildman–Crippen LogP) is 3.91. The minimum absolute atomic E-state index is 0.234. The monoisotopic (exact) mass is 268 g/mol. The number of hydrogen-bond acceptors (Lipinski definition) is 3. The lowest BCUT2D eigenvalue weighted by atomic mass is 9.97. The molecule has 3 rings (SSSR count). The molecule has 0 saturated heterocycles. The van der Waals surface area contributed by atoms with Gasteiger partial charge in [-0.25, -0.2) is 0 Å². The van der Waals surface area contributed by atoms with Crippen molar-refractivity contribution in [1.29, 1.82) is 0 Å². The van der Waals surface area contributed by atoms with E-state index in [9.17, 15) is 0 Å². The number of nitrogens with zero attached hydrogens (tertiary/aromatic N) is 1. The highest BCUT2D eigenvalue weighted by molar-refractivity contribution is 7.08. The summed E-state index contributed by atoms with van der Waals surface area (Å²) in [7, 11) is 2.00. The molecule has 3 aromatic rings. The van der Waals surface area contributed by atoms with E-state index in [-0.39, 0.29) is 6.04 Å². The molecule has 0 saturated carbocycles. The Labute approximate surface area is 117 Å². The lowest BCUT2D eigenvalue weighted by Crippen LogP contribution is -2.17. The zero-order chi connectivity index (χ0) is 13.2. The summed E-state index contributed by atoms with van der Waals surface area (Å²) in [5, 5.41) is 9.00. The second-order valence-electron chi connectivity index (χ2n) is 4.69. The fourth-order valence-electron chi connectivity index (χ4n) is 2.43. The van der Waals surface area contributed by atoms with E-state index in [0.717, 1.165) is 5.52 Å². The minimum atomic E-state index is 0.234. The van der Waals surface area contributed by atoms with Gasteiger partial charge in [0, 0.05) is 11.6 Å². The molecule has 96 valence electrons. The minimum Gasteiger partial charge on any atom is -0.309 e. The van der Waals surface area contributed by atoms with Crippen molar-refractivity contribution < 1.29 is 0 Å². The van der Waals surface area contributed by atoms with Gasteiger partial charge in [0.2, 0.25) is 0 Å². The third kappa shape index (κ3) is 2.27.